The molecular weight excluding hydrogens is 350 g/mol. The van der Waals surface area contributed by atoms with E-state index >= 15 is 0 Å². The maximum absolute atomic E-state index is 12.6. The van der Waals surface area contributed by atoms with Crippen molar-refractivity contribution in [1.82, 2.24) is 20.0 Å². The summed E-state index contributed by atoms with van der Waals surface area (Å²) < 4.78 is 5.07. The van der Waals surface area contributed by atoms with Gasteiger partial charge in [0, 0.05) is 42.6 Å². The van der Waals surface area contributed by atoms with E-state index in [0.29, 0.717) is 18.3 Å². The third-order valence-corrected chi connectivity index (χ3v) is 5.07. The minimum absolute atomic E-state index is 0.101. The van der Waals surface area contributed by atoms with Crippen molar-refractivity contribution in [2.75, 3.05) is 18.4 Å². The highest BCUT2D eigenvalue weighted by atomic mass is 32.1. The van der Waals surface area contributed by atoms with E-state index in [1.54, 1.807) is 18.3 Å². The fourth-order valence-electron chi connectivity index (χ4n) is 3.14. The Morgan fingerprint density at radius 2 is 2.19 bits per heavy atom. The van der Waals surface area contributed by atoms with Crippen LogP contribution in [0.25, 0.3) is 11.3 Å². The number of likely N-dealkylation sites (tertiary alicyclic amines) is 1. The molecule has 1 aliphatic heterocycles. The zero-order valence-corrected chi connectivity index (χ0v) is 15.2. The summed E-state index contributed by atoms with van der Waals surface area (Å²) in [6.07, 6.45) is 1.89. The fourth-order valence-corrected chi connectivity index (χ4v) is 3.70. The monoisotopic (exact) mass is 369 g/mol. The molecule has 3 aromatic rings. The molecule has 0 bridgehead atoms. The molecule has 7 nitrogen and oxygen atoms in total. The Balaban J connectivity index is 1.39. The van der Waals surface area contributed by atoms with Gasteiger partial charge in [-0.05, 0) is 25.0 Å². The van der Waals surface area contributed by atoms with Crippen LogP contribution in [0.4, 0.5) is 10.5 Å². The van der Waals surface area contributed by atoms with Gasteiger partial charge in [0.15, 0.2) is 5.82 Å². The van der Waals surface area contributed by atoms with Crippen molar-refractivity contribution in [3.05, 3.63) is 46.9 Å². The van der Waals surface area contributed by atoms with Crippen LogP contribution in [0.1, 0.15) is 30.5 Å². The molecule has 8 heteroatoms. The van der Waals surface area contributed by atoms with Crippen LogP contribution in [-0.2, 0) is 0 Å². The van der Waals surface area contributed by atoms with Gasteiger partial charge in [-0.25, -0.2) is 9.78 Å². The maximum Gasteiger partial charge on any atom is 0.321 e. The number of carbonyl (C=O) groups excluding carboxylic acids is 1. The summed E-state index contributed by atoms with van der Waals surface area (Å²) in [6, 6.07) is 7.63. The van der Waals surface area contributed by atoms with Crippen LogP contribution in [0.15, 0.2) is 39.7 Å². The molecule has 1 atom stereocenters. The Bertz CT molecular complexity index is 875. The molecule has 1 aromatic carbocycles. The number of nitrogens with zero attached hydrogens (tertiary/aromatic N) is 4. The number of nitrogens with one attached hydrogen (secondary N) is 1. The first-order valence-corrected chi connectivity index (χ1v) is 9.48. The number of thiazole rings is 1. The highest BCUT2D eigenvalue weighted by Gasteiger charge is 2.27. The van der Waals surface area contributed by atoms with E-state index in [9.17, 15) is 4.79 Å². The van der Waals surface area contributed by atoms with Crippen molar-refractivity contribution in [3.8, 4) is 11.3 Å². The Morgan fingerprint density at radius 3 is 2.88 bits per heavy atom. The van der Waals surface area contributed by atoms with Gasteiger partial charge in [-0.2, -0.15) is 4.98 Å². The van der Waals surface area contributed by atoms with E-state index in [4.69, 9.17) is 4.52 Å². The third-order valence-electron chi connectivity index (χ3n) is 4.48. The lowest BCUT2D eigenvalue weighted by Crippen LogP contribution is -2.41. The van der Waals surface area contributed by atoms with Crippen LogP contribution in [0.3, 0.4) is 0 Å². The average molecular weight is 369 g/mol. The van der Waals surface area contributed by atoms with Gasteiger partial charge >= 0.3 is 6.03 Å². The normalized spacial score (nSPS) is 17.3. The number of hydrogen-bond acceptors (Lipinski definition) is 6. The number of carbonyl (C=O) groups is 1. The van der Waals surface area contributed by atoms with E-state index in [1.165, 1.54) is 0 Å². The molecule has 134 valence electrons. The van der Waals surface area contributed by atoms with Gasteiger partial charge < -0.3 is 14.7 Å². The smallest absolute Gasteiger partial charge is 0.321 e. The van der Waals surface area contributed by atoms with Crippen LogP contribution >= 0.6 is 11.3 Å². The van der Waals surface area contributed by atoms with E-state index < -0.39 is 0 Å². The van der Waals surface area contributed by atoms with Gasteiger partial charge in [-0.3, -0.25) is 0 Å². The molecule has 0 spiro atoms. The number of piperidine rings is 1. The Labute approximate surface area is 155 Å². The summed E-state index contributed by atoms with van der Waals surface area (Å²) in [6.45, 7) is 3.11. The van der Waals surface area contributed by atoms with Crippen molar-refractivity contribution in [1.29, 1.82) is 0 Å². The molecule has 2 aromatic heterocycles. The second kappa shape index (κ2) is 7.25. The summed E-state index contributed by atoms with van der Waals surface area (Å²) in [5.74, 6) is 1.37. The fraction of sp³-hybridized carbons (Fsp3) is 0.333. The molecule has 0 aliphatic carbocycles. The number of hydrogen-bond donors (Lipinski definition) is 1. The van der Waals surface area contributed by atoms with E-state index in [2.05, 4.69) is 20.4 Å². The van der Waals surface area contributed by atoms with E-state index in [-0.39, 0.29) is 11.9 Å². The van der Waals surface area contributed by atoms with Gasteiger partial charge in [-0.1, -0.05) is 17.3 Å². The Kier molecular flexibility index (Phi) is 4.66. The van der Waals surface area contributed by atoms with Crippen LogP contribution in [-0.4, -0.2) is 39.1 Å². The van der Waals surface area contributed by atoms with Crippen LogP contribution in [0.5, 0.6) is 0 Å². The summed E-state index contributed by atoms with van der Waals surface area (Å²) in [5, 5.41) is 8.97. The highest BCUT2D eigenvalue weighted by Crippen LogP contribution is 2.26. The predicted molar refractivity (Wildman–Crippen MR) is 99.2 cm³/mol. The first-order chi connectivity index (χ1) is 12.7. The number of rotatable bonds is 3. The average Bonchev–Trinajstić information content (AvgIpc) is 3.34. The minimum atomic E-state index is -0.101. The lowest BCUT2D eigenvalue weighted by Gasteiger charge is -2.31. The topological polar surface area (TPSA) is 84.2 Å². The van der Waals surface area contributed by atoms with Gasteiger partial charge in [0.2, 0.25) is 5.89 Å². The summed E-state index contributed by atoms with van der Waals surface area (Å²) in [4.78, 5) is 23.0. The molecule has 0 radical (unpaired) electrons. The molecule has 3 heterocycles. The van der Waals surface area contributed by atoms with Gasteiger partial charge in [-0.15, -0.1) is 11.3 Å². The van der Waals surface area contributed by atoms with E-state index in [1.807, 2.05) is 40.1 Å². The number of benzene rings is 1. The first kappa shape index (κ1) is 16.7. The zero-order chi connectivity index (χ0) is 17.9. The lowest BCUT2D eigenvalue weighted by molar-refractivity contribution is 0.190. The molecule has 1 saturated heterocycles. The highest BCUT2D eigenvalue weighted by molar-refractivity contribution is 7.07. The standard InChI is InChI=1S/C18H19N5O2S/c1-12-20-17(22-25-12)14-3-2-8-23(9-14)18(24)21-15-6-4-13(5-7-15)16-10-26-11-19-16/h4-7,10-11,14H,2-3,8-9H2,1H3,(H,21,24)/t14-/m1/s1. The van der Waals surface area contributed by atoms with Crippen LogP contribution in [0, 0.1) is 6.92 Å². The predicted octanol–water partition coefficient (Wildman–Crippen LogP) is 3.91. The number of urea groups is 1. The van der Waals surface area contributed by atoms with Crippen LogP contribution in [0.2, 0.25) is 0 Å². The van der Waals surface area contributed by atoms with Gasteiger partial charge in [0.05, 0.1) is 11.2 Å². The second-order valence-electron chi connectivity index (χ2n) is 6.34. The number of amides is 2. The molecule has 1 fully saturated rings. The minimum Gasteiger partial charge on any atom is -0.340 e. The molecule has 0 saturated carbocycles. The van der Waals surface area contributed by atoms with Crippen molar-refractivity contribution in [2.45, 2.75) is 25.7 Å². The van der Waals surface area contributed by atoms with Crippen molar-refractivity contribution >= 4 is 23.1 Å². The second-order valence-corrected chi connectivity index (χ2v) is 7.06. The Hall–Kier alpha value is -2.74. The number of anilines is 1. The van der Waals surface area contributed by atoms with Gasteiger partial charge in [0.1, 0.15) is 0 Å². The zero-order valence-electron chi connectivity index (χ0n) is 14.4. The molecule has 2 amide bonds. The van der Waals surface area contributed by atoms with Crippen molar-refractivity contribution < 1.29 is 9.32 Å². The first-order valence-electron chi connectivity index (χ1n) is 8.54. The van der Waals surface area contributed by atoms with Crippen LogP contribution < -0.4 is 5.32 Å². The molecule has 0 unspecified atom stereocenters. The van der Waals surface area contributed by atoms with Gasteiger partial charge in [0.25, 0.3) is 0 Å². The maximum atomic E-state index is 12.6. The summed E-state index contributed by atoms with van der Waals surface area (Å²) >= 11 is 1.56. The summed E-state index contributed by atoms with van der Waals surface area (Å²) in [5.41, 5.74) is 4.56. The number of aromatic nitrogens is 3. The quantitative estimate of drug-likeness (QED) is 0.756. The largest absolute Gasteiger partial charge is 0.340 e. The molecular formula is C18H19N5O2S. The molecule has 1 aliphatic rings. The SMILES string of the molecule is Cc1nc([C@@H]2CCCN(C(=O)Nc3ccc(-c4cscn4)cc3)C2)no1. The Morgan fingerprint density at radius 1 is 1.35 bits per heavy atom. The van der Waals surface area contributed by atoms with E-state index in [0.717, 1.165) is 36.3 Å². The molecule has 4 rings (SSSR count). The van der Waals surface area contributed by atoms with Crippen molar-refractivity contribution in [2.24, 2.45) is 0 Å². The molecule has 26 heavy (non-hydrogen) atoms. The third kappa shape index (κ3) is 3.60. The molecule has 1 N–H and O–H groups in total. The van der Waals surface area contributed by atoms with Crippen molar-refractivity contribution in [3.63, 3.8) is 0 Å². The number of aryl methyl sites for hydroxylation is 1. The summed E-state index contributed by atoms with van der Waals surface area (Å²) in [7, 11) is 0. The lowest BCUT2D eigenvalue weighted by atomic mass is 9.98.